The third-order valence-corrected chi connectivity index (χ3v) is 4.25. The molecule has 0 saturated carbocycles. The van der Waals surface area contributed by atoms with Crippen molar-refractivity contribution in [1.82, 2.24) is 4.98 Å². The number of benzene rings is 1. The van der Waals surface area contributed by atoms with E-state index in [0.717, 1.165) is 31.7 Å². The number of rotatable bonds is 2. The largest absolute Gasteiger partial charge is 0.294 e. The first-order valence-electron chi connectivity index (χ1n) is 5.24. The summed E-state index contributed by atoms with van der Waals surface area (Å²) in [6.45, 7) is 5.37. The lowest BCUT2D eigenvalue weighted by molar-refractivity contribution is 0.102. The first kappa shape index (κ1) is 12.3. The second kappa shape index (κ2) is 4.59. The van der Waals surface area contributed by atoms with Gasteiger partial charge in [0.2, 0.25) is 0 Å². The molecular weight excluding hydrogens is 254 g/mol. The van der Waals surface area contributed by atoms with Crippen LogP contribution in [0.25, 0.3) is 10.6 Å². The van der Waals surface area contributed by atoms with Crippen LogP contribution in [0.15, 0.2) is 18.2 Å². The summed E-state index contributed by atoms with van der Waals surface area (Å²) in [6, 6.07) is 5.82. The number of hydrogen-bond donors (Lipinski definition) is 0. The SMILES string of the molecule is CC(=O)c1sc(-c2ccc(C)c(Cl)c2)nc1C. The van der Waals surface area contributed by atoms with Crippen molar-refractivity contribution in [3.05, 3.63) is 39.4 Å². The number of carbonyl (C=O) groups is 1. The number of hydrogen-bond acceptors (Lipinski definition) is 3. The highest BCUT2D eigenvalue weighted by molar-refractivity contribution is 7.17. The summed E-state index contributed by atoms with van der Waals surface area (Å²) in [5.41, 5.74) is 2.78. The molecule has 2 nitrogen and oxygen atoms in total. The van der Waals surface area contributed by atoms with Crippen LogP contribution in [0.5, 0.6) is 0 Å². The molecule has 88 valence electrons. The number of ketones is 1. The number of nitrogens with zero attached hydrogens (tertiary/aromatic N) is 1. The first-order chi connectivity index (χ1) is 7.99. The van der Waals surface area contributed by atoms with E-state index in [2.05, 4.69) is 4.98 Å². The molecule has 0 spiro atoms. The van der Waals surface area contributed by atoms with Crippen molar-refractivity contribution in [3.8, 4) is 10.6 Å². The monoisotopic (exact) mass is 265 g/mol. The molecule has 17 heavy (non-hydrogen) atoms. The number of aryl methyl sites for hydroxylation is 2. The highest BCUT2D eigenvalue weighted by Crippen LogP contribution is 2.30. The van der Waals surface area contributed by atoms with Crippen LogP contribution in [-0.4, -0.2) is 10.8 Å². The summed E-state index contributed by atoms with van der Waals surface area (Å²) in [7, 11) is 0. The van der Waals surface area contributed by atoms with Gasteiger partial charge < -0.3 is 0 Å². The van der Waals surface area contributed by atoms with Crippen LogP contribution in [0.4, 0.5) is 0 Å². The van der Waals surface area contributed by atoms with Crippen molar-refractivity contribution < 1.29 is 4.79 Å². The molecule has 2 aromatic rings. The molecular formula is C13H12ClNOS. The summed E-state index contributed by atoms with van der Waals surface area (Å²) in [4.78, 5) is 16.5. The lowest BCUT2D eigenvalue weighted by Crippen LogP contribution is -1.89. The van der Waals surface area contributed by atoms with Gasteiger partial charge in [-0.1, -0.05) is 23.7 Å². The molecule has 0 N–H and O–H groups in total. The van der Waals surface area contributed by atoms with Crippen molar-refractivity contribution in [1.29, 1.82) is 0 Å². The molecule has 0 aliphatic heterocycles. The predicted molar refractivity (Wildman–Crippen MR) is 72.0 cm³/mol. The average molecular weight is 266 g/mol. The molecule has 2 rings (SSSR count). The van der Waals surface area contributed by atoms with Gasteiger partial charge in [0.25, 0.3) is 0 Å². The molecule has 0 atom stereocenters. The van der Waals surface area contributed by atoms with E-state index in [4.69, 9.17) is 11.6 Å². The van der Waals surface area contributed by atoms with Gasteiger partial charge in [-0.05, 0) is 25.5 Å². The van der Waals surface area contributed by atoms with Gasteiger partial charge >= 0.3 is 0 Å². The van der Waals surface area contributed by atoms with E-state index in [1.165, 1.54) is 11.3 Å². The molecule has 1 aromatic carbocycles. The lowest BCUT2D eigenvalue weighted by atomic mass is 10.1. The van der Waals surface area contributed by atoms with Crippen LogP contribution in [0.1, 0.15) is 27.9 Å². The smallest absolute Gasteiger partial charge is 0.171 e. The van der Waals surface area contributed by atoms with Gasteiger partial charge in [-0.2, -0.15) is 0 Å². The van der Waals surface area contributed by atoms with Crippen LogP contribution >= 0.6 is 22.9 Å². The van der Waals surface area contributed by atoms with Crippen LogP contribution in [0.3, 0.4) is 0 Å². The topological polar surface area (TPSA) is 30.0 Å². The minimum atomic E-state index is 0.0597. The van der Waals surface area contributed by atoms with Gasteiger partial charge in [-0.15, -0.1) is 11.3 Å². The van der Waals surface area contributed by atoms with Crippen LogP contribution in [0, 0.1) is 13.8 Å². The maximum absolute atomic E-state index is 11.4. The predicted octanol–water partition coefficient (Wildman–Crippen LogP) is 4.28. The summed E-state index contributed by atoms with van der Waals surface area (Å²) in [5, 5.41) is 1.56. The van der Waals surface area contributed by atoms with Gasteiger partial charge in [-0.25, -0.2) is 4.98 Å². The standard InChI is InChI=1S/C13H12ClNOS/c1-7-4-5-10(6-11(7)14)13-15-8(2)12(17-13)9(3)16/h4-6H,1-3H3. The highest BCUT2D eigenvalue weighted by Gasteiger charge is 2.13. The van der Waals surface area contributed by atoms with Crippen molar-refractivity contribution in [2.45, 2.75) is 20.8 Å². The van der Waals surface area contributed by atoms with Crippen molar-refractivity contribution >= 4 is 28.7 Å². The molecule has 0 fully saturated rings. The Labute approximate surface area is 109 Å². The van der Waals surface area contributed by atoms with E-state index in [1.54, 1.807) is 6.92 Å². The van der Waals surface area contributed by atoms with Gasteiger partial charge in [-0.3, -0.25) is 4.79 Å². The number of thiazole rings is 1. The number of halogens is 1. The molecule has 0 bridgehead atoms. The summed E-state index contributed by atoms with van der Waals surface area (Å²) >= 11 is 7.50. The second-order valence-corrected chi connectivity index (χ2v) is 5.36. The number of Topliss-reactive ketones (excluding diaryl/α,β-unsaturated/α-hetero) is 1. The molecule has 1 heterocycles. The van der Waals surface area contributed by atoms with Crippen molar-refractivity contribution in [2.24, 2.45) is 0 Å². The van der Waals surface area contributed by atoms with Crippen LogP contribution in [0.2, 0.25) is 5.02 Å². The third kappa shape index (κ3) is 2.40. The highest BCUT2D eigenvalue weighted by atomic mass is 35.5. The van der Waals surface area contributed by atoms with E-state index >= 15 is 0 Å². The maximum Gasteiger partial charge on any atom is 0.171 e. The fourth-order valence-corrected chi connectivity index (χ4v) is 2.71. The maximum atomic E-state index is 11.4. The molecule has 0 amide bonds. The molecule has 1 aromatic heterocycles. The Balaban J connectivity index is 2.50. The zero-order valence-electron chi connectivity index (χ0n) is 9.87. The fourth-order valence-electron chi connectivity index (χ4n) is 1.57. The Bertz CT molecular complexity index is 589. The lowest BCUT2D eigenvalue weighted by Gasteiger charge is -2.00. The molecule has 0 unspecified atom stereocenters. The van der Waals surface area contributed by atoms with E-state index in [-0.39, 0.29) is 5.78 Å². The molecule has 0 radical (unpaired) electrons. The van der Waals surface area contributed by atoms with Gasteiger partial charge in [0.15, 0.2) is 5.78 Å². The quantitative estimate of drug-likeness (QED) is 0.759. The minimum absolute atomic E-state index is 0.0597. The first-order valence-corrected chi connectivity index (χ1v) is 6.43. The summed E-state index contributed by atoms with van der Waals surface area (Å²) in [6.07, 6.45) is 0. The minimum Gasteiger partial charge on any atom is -0.294 e. The second-order valence-electron chi connectivity index (χ2n) is 3.95. The Kier molecular flexibility index (Phi) is 3.31. The molecule has 0 aliphatic carbocycles. The summed E-state index contributed by atoms with van der Waals surface area (Å²) in [5.74, 6) is 0.0597. The zero-order valence-corrected chi connectivity index (χ0v) is 11.4. The van der Waals surface area contributed by atoms with E-state index in [1.807, 2.05) is 32.0 Å². The molecule has 4 heteroatoms. The zero-order chi connectivity index (χ0) is 12.6. The van der Waals surface area contributed by atoms with Gasteiger partial charge in [0.05, 0.1) is 10.6 Å². The number of carbonyl (C=O) groups excluding carboxylic acids is 1. The number of aromatic nitrogens is 1. The normalized spacial score (nSPS) is 10.6. The molecule has 0 saturated heterocycles. The van der Waals surface area contributed by atoms with Crippen molar-refractivity contribution in [2.75, 3.05) is 0 Å². The Hall–Kier alpha value is -1.19. The van der Waals surface area contributed by atoms with Crippen LogP contribution in [-0.2, 0) is 0 Å². The van der Waals surface area contributed by atoms with Crippen molar-refractivity contribution in [3.63, 3.8) is 0 Å². The van der Waals surface area contributed by atoms with E-state index in [9.17, 15) is 4.79 Å². The Morgan fingerprint density at radius 3 is 2.59 bits per heavy atom. The molecule has 0 aliphatic rings. The fraction of sp³-hybridized carbons (Fsp3) is 0.231. The van der Waals surface area contributed by atoms with E-state index < -0.39 is 0 Å². The third-order valence-electron chi connectivity index (χ3n) is 2.54. The van der Waals surface area contributed by atoms with Crippen LogP contribution < -0.4 is 0 Å². The Morgan fingerprint density at radius 2 is 2.06 bits per heavy atom. The summed E-state index contributed by atoms with van der Waals surface area (Å²) < 4.78 is 0. The van der Waals surface area contributed by atoms with Gasteiger partial charge in [0, 0.05) is 17.5 Å². The Morgan fingerprint density at radius 1 is 1.35 bits per heavy atom. The van der Waals surface area contributed by atoms with Gasteiger partial charge in [0.1, 0.15) is 5.01 Å². The average Bonchev–Trinajstić information content (AvgIpc) is 2.64. The van der Waals surface area contributed by atoms with E-state index in [0.29, 0.717) is 0 Å².